The molecule has 0 aliphatic carbocycles. The Morgan fingerprint density at radius 2 is 0.925 bits per heavy atom. The lowest BCUT2D eigenvalue weighted by Gasteiger charge is -2.15. The number of carbonyl (C=O) groups excluding carboxylic acids is 2. The molecule has 0 bridgehead atoms. The molecular weight excluding hydrogens is 500 g/mol. The highest BCUT2D eigenvalue weighted by Gasteiger charge is 2.16. The van der Waals surface area contributed by atoms with Crippen molar-refractivity contribution in [3.05, 3.63) is 0 Å². The van der Waals surface area contributed by atoms with E-state index < -0.39 is 6.10 Å². The predicted octanol–water partition coefficient (Wildman–Crippen LogP) is 10.3. The van der Waals surface area contributed by atoms with Gasteiger partial charge in [-0.2, -0.15) is 0 Å². The summed E-state index contributed by atoms with van der Waals surface area (Å²) >= 11 is 0. The van der Waals surface area contributed by atoms with E-state index in [1.807, 2.05) is 0 Å². The number of aliphatic hydroxyl groups is 1. The fraction of sp³-hybridized carbons (Fsp3) is 0.943. The molecule has 0 rings (SSSR count). The van der Waals surface area contributed by atoms with Crippen LogP contribution >= 0.6 is 0 Å². The summed E-state index contributed by atoms with van der Waals surface area (Å²) in [6, 6.07) is 0. The Morgan fingerprint density at radius 1 is 0.550 bits per heavy atom. The van der Waals surface area contributed by atoms with Crippen molar-refractivity contribution in [2.75, 3.05) is 13.2 Å². The summed E-state index contributed by atoms with van der Waals surface area (Å²) in [4.78, 5) is 24.1. The SMILES string of the molecule is CCCCCCCCCCCCC(=O)O[C@@H](CO)COC(=O)CCCCCCCCCCCCCCCC(C)C. The van der Waals surface area contributed by atoms with Gasteiger partial charge >= 0.3 is 11.9 Å². The van der Waals surface area contributed by atoms with Crippen LogP contribution in [0.3, 0.4) is 0 Å². The highest BCUT2D eigenvalue weighted by molar-refractivity contribution is 5.70. The molecule has 0 aromatic rings. The van der Waals surface area contributed by atoms with E-state index in [-0.39, 0.29) is 25.2 Å². The summed E-state index contributed by atoms with van der Waals surface area (Å²) in [5, 5.41) is 9.49. The average molecular weight is 569 g/mol. The zero-order valence-electron chi connectivity index (χ0n) is 27.0. The van der Waals surface area contributed by atoms with Crippen LogP contribution in [0.1, 0.15) is 188 Å². The van der Waals surface area contributed by atoms with Crippen LogP contribution < -0.4 is 0 Å². The summed E-state index contributed by atoms with van der Waals surface area (Å²) in [5.41, 5.74) is 0. The van der Waals surface area contributed by atoms with Gasteiger partial charge in [0.2, 0.25) is 0 Å². The minimum absolute atomic E-state index is 0.0585. The molecule has 0 spiro atoms. The second-order valence-electron chi connectivity index (χ2n) is 12.4. The van der Waals surface area contributed by atoms with Crippen LogP contribution in [0.15, 0.2) is 0 Å². The van der Waals surface area contributed by atoms with Gasteiger partial charge in [-0.15, -0.1) is 0 Å². The van der Waals surface area contributed by atoms with Crippen molar-refractivity contribution >= 4 is 11.9 Å². The average Bonchev–Trinajstić information content (AvgIpc) is 2.93. The van der Waals surface area contributed by atoms with E-state index in [0.29, 0.717) is 12.8 Å². The molecule has 0 aromatic heterocycles. The summed E-state index contributed by atoms with van der Waals surface area (Å²) in [7, 11) is 0. The zero-order chi connectivity index (χ0) is 29.5. The number of aliphatic hydroxyl groups excluding tert-OH is 1. The van der Waals surface area contributed by atoms with Crippen LogP contribution in [0.25, 0.3) is 0 Å². The first-order chi connectivity index (χ1) is 19.5. The van der Waals surface area contributed by atoms with Crippen LogP contribution in [0, 0.1) is 5.92 Å². The summed E-state index contributed by atoms with van der Waals surface area (Å²) in [6.07, 6.45) is 30.1. The molecule has 0 amide bonds. The molecule has 5 nitrogen and oxygen atoms in total. The number of esters is 2. The number of ether oxygens (including phenoxy) is 2. The van der Waals surface area contributed by atoms with Crippen molar-refractivity contribution in [3.8, 4) is 0 Å². The monoisotopic (exact) mass is 569 g/mol. The summed E-state index contributed by atoms with van der Waals surface area (Å²) in [5.74, 6) is 0.264. The Labute approximate surface area is 248 Å². The Hall–Kier alpha value is -1.10. The summed E-state index contributed by atoms with van der Waals surface area (Å²) < 4.78 is 10.5. The van der Waals surface area contributed by atoms with Gasteiger partial charge in [0, 0.05) is 12.8 Å². The van der Waals surface area contributed by atoms with Gasteiger partial charge in [-0.05, 0) is 18.8 Å². The number of rotatable bonds is 31. The molecule has 0 saturated carbocycles. The van der Waals surface area contributed by atoms with Crippen molar-refractivity contribution < 1.29 is 24.2 Å². The number of carbonyl (C=O) groups is 2. The smallest absolute Gasteiger partial charge is 0.306 e. The molecule has 1 atom stereocenters. The Kier molecular flexibility index (Phi) is 30.0. The number of unbranched alkanes of at least 4 members (excludes halogenated alkanes) is 21. The predicted molar refractivity (Wildman–Crippen MR) is 168 cm³/mol. The summed E-state index contributed by atoms with van der Waals surface area (Å²) in [6.45, 7) is 6.48. The molecule has 0 aliphatic heterocycles. The van der Waals surface area contributed by atoms with Crippen LogP contribution in [0.4, 0.5) is 0 Å². The van der Waals surface area contributed by atoms with E-state index in [1.54, 1.807) is 0 Å². The van der Waals surface area contributed by atoms with Gasteiger partial charge in [0.15, 0.2) is 6.10 Å². The molecule has 0 aromatic carbocycles. The number of hydrogen-bond donors (Lipinski definition) is 1. The second kappa shape index (κ2) is 30.8. The third-order valence-corrected chi connectivity index (χ3v) is 7.83. The second-order valence-corrected chi connectivity index (χ2v) is 12.4. The standard InChI is InChI=1S/C35H68O5/c1-4-5-6-7-8-9-16-20-23-26-29-35(38)40-33(30-36)31-39-34(37)28-25-22-19-17-14-12-10-11-13-15-18-21-24-27-32(2)3/h32-33,36H,4-31H2,1-3H3/t33-/m0/s1. The first-order valence-electron chi connectivity index (χ1n) is 17.5. The topological polar surface area (TPSA) is 72.8 Å². The molecule has 5 heteroatoms. The molecule has 0 saturated heterocycles. The van der Waals surface area contributed by atoms with Gasteiger partial charge < -0.3 is 14.6 Å². The maximum Gasteiger partial charge on any atom is 0.306 e. The first-order valence-corrected chi connectivity index (χ1v) is 17.5. The maximum atomic E-state index is 12.1. The minimum Gasteiger partial charge on any atom is -0.462 e. The Morgan fingerprint density at radius 3 is 1.32 bits per heavy atom. The van der Waals surface area contributed by atoms with E-state index in [0.717, 1.165) is 38.0 Å². The third-order valence-electron chi connectivity index (χ3n) is 7.83. The quantitative estimate of drug-likeness (QED) is 0.0665. The van der Waals surface area contributed by atoms with Gasteiger partial charge in [-0.25, -0.2) is 0 Å². The molecule has 0 radical (unpaired) electrons. The largest absolute Gasteiger partial charge is 0.462 e. The molecule has 0 heterocycles. The van der Waals surface area contributed by atoms with E-state index in [2.05, 4.69) is 20.8 Å². The lowest BCUT2D eigenvalue weighted by atomic mass is 10.0. The van der Waals surface area contributed by atoms with E-state index in [1.165, 1.54) is 122 Å². The fourth-order valence-electron chi connectivity index (χ4n) is 5.15. The molecule has 40 heavy (non-hydrogen) atoms. The lowest BCUT2D eigenvalue weighted by molar-refractivity contribution is -0.161. The molecule has 238 valence electrons. The molecule has 1 N–H and O–H groups in total. The first kappa shape index (κ1) is 38.9. The van der Waals surface area contributed by atoms with Crippen LogP contribution in [0.5, 0.6) is 0 Å². The Balaban J connectivity index is 3.51. The minimum atomic E-state index is -0.760. The maximum absolute atomic E-state index is 12.1. The van der Waals surface area contributed by atoms with Crippen molar-refractivity contribution in [2.45, 2.75) is 194 Å². The van der Waals surface area contributed by atoms with Crippen molar-refractivity contribution in [3.63, 3.8) is 0 Å². The fourth-order valence-corrected chi connectivity index (χ4v) is 5.15. The van der Waals surface area contributed by atoms with Crippen molar-refractivity contribution in [1.82, 2.24) is 0 Å². The van der Waals surface area contributed by atoms with E-state index in [9.17, 15) is 14.7 Å². The van der Waals surface area contributed by atoms with Crippen LogP contribution in [-0.4, -0.2) is 36.4 Å². The number of hydrogen-bond acceptors (Lipinski definition) is 5. The van der Waals surface area contributed by atoms with Crippen LogP contribution in [0.2, 0.25) is 0 Å². The zero-order valence-corrected chi connectivity index (χ0v) is 27.0. The highest BCUT2D eigenvalue weighted by Crippen LogP contribution is 2.15. The lowest BCUT2D eigenvalue weighted by Crippen LogP contribution is -2.28. The van der Waals surface area contributed by atoms with Gasteiger partial charge in [0.05, 0.1) is 6.61 Å². The van der Waals surface area contributed by atoms with Crippen molar-refractivity contribution in [1.29, 1.82) is 0 Å². The molecule has 0 unspecified atom stereocenters. The molecular formula is C35H68O5. The van der Waals surface area contributed by atoms with Gasteiger partial charge in [0.25, 0.3) is 0 Å². The third kappa shape index (κ3) is 29.9. The normalized spacial score (nSPS) is 12.1. The van der Waals surface area contributed by atoms with E-state index in [4.69, 9.17) is 9.47 Å². The Bertz CT molecular complexity index is 548. The van der Waals surface area contributed by atoms with E-state index >= 15 is 0 Å². The highest BCUT2D eigenvalue weighted by atomic mass is 16.6. The van der Waals surface area contributed by atoms with Gasteiger partial charge in [0.1, 0.15) is 6.61 Å². The molecule has 0 fully saturated rings. The molecule has 0 aliphatic rings. The van der Waals surface area contributed by atoms with Crippen molar-refractivity contribution in [2.24, 2.45) is 5.92 Å². The van der Waals surface area contributed by atoms with Gasteiger partial charge in [-0.1, -0.05) is 162 Å². The van der Waals surface area contributed by atoms with Crippen LogP contribution in [-0.2, 0) is 19.1 Å². The van der Waals surface area contributed by atoms with Gasteiger partial charge in [-0.3, -0.25) is 9.59 Å².